The van der Waals surface area contributed by atoms with Gasteiger partial charge in [0.25, 0.3) is 0 Å². The number of ether oxygens (including phenoxy) is 1. The standard InChI is InChI=1S/C18H25N5OS/c1-2-14-4-3-5-16-15(12-20-17(14)16)13-21-22-18(25)19-6-7-23-8-10-24-11-9-23/h3-5,12-13,20H,2,6-11H2,1H3,(H2,19,22,25)/p+1/b21-13+. The Kier molecular flexibility index (Phi) is 6.38. The van der Waals surface area contributed by atoms with Crippen molar-refractivity contribution in [3.63, 3.8) is 0 Å². The Labute approximate surface area is 153 Å². The number of aryl methyl sites for hydroxylation is 1. The van der Waals surface area contributed by atoms with Gasteiger partial charge >= 0.3 is 0 Å². The van der Waals surface area contributed by atoms with Gasteiger partial charge in [-0.05, 0) is 24.2 Å². The number of aromatic amines is 1. The topological polar surface area (TPSA) is 65.9 Å². The first-order chi connectivity index (χ1) is 12.3. The first-order valence-corrected chi connectivity index (χ1v) is 9.26. The molecule has 7 heteroatoms. The number of quaternary nitrogens is 1. The van der Waals surface area contributed by atoms with Crippen molar-refractivity contribution in [2.45, 2.75) is 13.3 Å². The van der Waals surface area contributed by atoms with Crippen molar-refractivity contribution in [1.82, 2.24) is 15.7 Å². The van der Waals surface area contributed by atoms with Crippen molar-refractivity contribution >= 4 is 34.4 Å². The van der Waals surface area contributed by atoms with Crippen LogP contribution in [0.1, 0.15) is 18.1 Å². The van der Waals surface area contributed by atoms with Crippen molar-refractivity contribution < 1.29 is 9.64 Å². The van der Waals surface area contributed by atoms with E-state index < -0.39 is 0 Å². The molecule has 0 unspecified atom stereocenters. The summed E-state index contributed by atoms with van der Waals surface area (Å²) < 4.78 is 5.36. The highest BCUT2D eigenvalue weighted by Crippen LogP contribution is 2.20. The Hall–Kier alpha value is -1.96. The largest absolute Gasteiger partial charge is 0.370 e. The van der Waals surface area contributed by atoms with Crippen LogP contribution < -0.4 is 15.6 Å². The third-order valence-electron chi connectivity index (χ3n) is 4.55. The quantitative estimate of drug-likeness (QED) is 0.343. The maximum atomic E-state index is 5.36. The minimum atomic E-state index is 0.554. The number of nitrogens with one attached hydrogen (secondary N) is 4. The van der Waals surface area contributed by atoms with Crippen molar-refractivity contribution in [3.05, 3.63) is 35.5 Å². The lowest BCUT2D eigenvalue weighted by Crippen LogP contribution is -3.14. The molecule has 6 nitrogen and oxygen atoms in total. The van der Waals surface area contributed by atoms with Crippen LogP contribution in [0.2, 0.25) is 0 Å². The SMILES string of the molecule is CCc1cccc2c(/C=N/NC(=S)NCC[NH+]3CCOCC3)c[nH]c12. The average Bonchev–Trinajstić information content (AvgIpc) is 3.06. The van der Waals surface area contributed by atoms with Crippen LogP contribution in [-0.4, -0.2) is 55.7 Å². The van der Waals surface area contributed by atoms with Crippen LogP contribution in [0.3, 0.4) is 0 Å². The minimum absolute atomic E-state index is 0.554. The fraction of sp³-hybridized carbons (Fsp3) is 0.444. The highest BCUT2D eigenvalue weighted by atomic mass is 32.1. The van der Waals surface area contributed by atoms with Crippen LogP contribution in [0.4, 0.5) is 0 Å². The number of hydrogen-bond donors (Lipinski definition) is 4. The molecule has 0 spiro atoms. The molecule has 1 aromatic carbocycles. The summed E-state index contributed by atoms with van der Waals surface area (Å²) >= 11 is 5.27. The summed E-state index contributed by atoms with van der Waals surface area (Å²) in [7, 11) is 0. The van der Waals surface area contributed by atoms with Gasteiger partial charge < -0.3 is 19.9 Å². The molecule has 0 atom stereocenters. The molecule has 1 saturated heterocycles. The summed E-state index contributed by atoms with van der Waals surface area (Å²) in [6.45, 7) is 7.88. The number of morpholine rings is 1. The molecule has 25 heavy (non-hydrogen) atoms. The van der Waals surface area contributed by atoms with Crippen molar-refractivity contribution in [2.75, 3.05) is 39.4 Å². The Bertz CT molecular complexity index is 736. The molecule has 0 aliphatic carbocycles. The first-order valence-electron chi connectivity index (χ1n) is 8.85. The van der Waals surface area contributed by atoms with Gasteiger partial charge in [0.2, 0.25) is 0 Å². The number of aromatic nitrogens is 1. The van der Waals surface area contributed by atoms with Gasteiger partial charge in [-0.25, -0.2) is 0 Å². The minimum Gasteiger partial charge on any atom is -0.370 e. The Morgan fingerprint density at radius 3 is 3.04 bits per heavy atom. The number of benzene rings is 1. The summed E-state index contributed by atoms with van der Waals surface area (Å²) in [6, 6.07) is 6.33. The zero-order chi connectivity index (χ0) is 17.5. The fourth-order valence-electron chi connectivity index (χ4n) is 3.10. The molecular weight excluding hydrogens is 334 g/mol. The van der Waals surface area contributed by atoms with Gasteiger partial charge in [-0.15, -0.1) is 0 Å². The first kappa shape index (κ1) is 17.8. The third kappa shape index (κ3) is 4.78. The van der Waals surface area contributed by atoms with Gasteiger partial charge in [0, 0.05) is 22.7 Å². The second kappa shape index (κ2) is 8.94. The van der Waals surface area contributed by atoms with Gasteiger partial charge in [-0.3, -0.25) is 5.43 Å². The van der Waals surface area contributed by atoms with Gasteiger partial charge in [0.05, 0.1) is 32.5 Å². The summed E-state index contributed by atoms with van der Waals surface area (Å²) in [5.41, 5.74) is 6.44. The second-order valence-corrected chi connectivity index (χ2v) is 6.58. The van der Waals surface area contributed by atoms with Crippen LogP contribution >= 0.6 is 12.2 Å². The molecule has 2 heterocycles. The maximum absolute atomic E-state index is 5.36. The van der Waals surface area contributed by atoms with Crippen LogP contribution in [0.15, 0.2) is 29.5 Å². The van der Waals surface area contributed by atoms with E-state index in [0.29, 0.717) is 5.11 Å². The summed E-state index contributed by atoms with van der Waals surface area (Å²) in [6.07, 6.45) is 4.79. The smallest absolute Gasteiger partial charge is 0.187 e. The highest BCUT2D eigenvalue weighted by Gasteiger charge is 2.12. The van der Waals surface area contributed by atoms with E-state index in [2.05, 4.69) is 46.0 Å². The molecule has 0 radical (unpaired) electrons. The number of hydrazone groups is 1. The number of thiocarbonyl (C=S) groups is 1. The third-order valence-corrected chi connectivity index (χ3v) is 4.78. The number of H-pyrrole nitrogens is 1. The highest BCUT2D eigenvalue weighted by molar-refractivity contribution is 7.80. The zero-order valence-corrected chi connectivity index (χ0v) is 15.4. The molecule has 0 bridgehead atoms. The lowest BCUT2D eigenvalue weighted by Gasteiger charge is -2.23. The molecule has 0 amide bonds. The van der Waals surface area contributed by atoms with Crippen LogP contribution in [-0.2, 0) is 11.2 Å². The molecule has 2 aromatic rings. The number of para-hydroxylation sites is 1. The van der Waals surface area contributed by atoms with Crippen molar-refractivity contribution in [1.29, 1.82) is 0 Å². The lowest BCUT2D eigenvalue weighted by molar-refractivity contribution is -0.906. The van der Waals surface area contributed by atoms with Crippen molar-refractivity contribution in [3.8, 4) is 0 Å². The van der Waals surface area contributed by atoms with E-state index in [0.717, 1.165) is 51.4 Å². The van der Waals surface area contributed by atoms with E-state index in [1.54, 1.807) is 11.1 Å². The van der Waals surface area contributed by atoms with E-state index in [1.165, 1.54) is 16.5 Å². The van der Waals surface area contributed by atoms with E-state index in [-0.39, 0.29) is 0 Å². The number of rotatable bonds is 6. The van der Waals surface area contributed by atoms with Crippen molar-refractivity contribution in [2.24, 2.45) is 5.10 Å². The molecule has 3 rings (SSSR count). The summed E-state index contributed by atoms with van der Waals surface area (Å²) in [4.78, 5) is 4.89. The molecule has 4 N–H and O–H groups in total. The van der Waals surface area contributed by atoms with Crippen LogP contribution in [0, 0.1) is 0 Å². The predicted molar refractivity (Wildman–Crippen MR) is 105 cm³/mol. The summed E-state index contributed by atoms with van der Waals surface area (Å²) in [5.74, 6) is 0. The van der Waals surface area contributed by atoms with Gasteiger partial charge in [-0.1, -0.05) is 25.1 Å². The predicted octanol–water partition coefficient (Wildman–Crippen LogP) is 0.443. The summed E-state index contributed by atoms with van der Waals surface area (Å²) in [5, 5.41) is 9.20. The van der Waals surface area contributed by atoms with Gasteiger partial charge in [-0.2, -0.15) is 5.10 Å². The Morgan fingerprint density at radius 1 is 1.40 bits per heavy atom. The molecule has 1 aliphatic heterocycles. The lowest BCUT2D eigenvalue weighted by atomic mass is 10.1. The van der Waals surface area contributed by atoms with E-state index in [4.69, 9.17) is 17.0 Å². The van der Waals surface area contributed by atoms with E-state index in [1.807, 2.05) is 6.20 Å². The molecular formula is C18H26N5OS+. The normalized spacial score (nSPS) is 15.7. The van der Waals surface area contributed by atoms with E-state index >= 15 is 0 Å². The van der Waals surface area contributed by atoms with Gasteiger partial charge in [0.1, 0.15) is 13.1 Å². The van der Waals surface area contributed by atoms with E-state index in [9.17, 15) is 0 Å². The fourth-order valence-corrected chi connectivity index (χ4v) is 3.26. The van der Waals surface area contributed by atoms with Crippen LogP contribution in [0.25, 0.3) is 10.9 Å². The Balaban J connectivity index is 1.47. The maximum Gasteiger partial charge on any atom is 0.187 e. The molecule has 1 fully saturated rings. The molecule has 1 aromatic heterocycles. The van der Waals surface area contributed by atoms with Gasteiger partial charge in [0.15, 0.2) is 5.11 Å². The second-order valence-electron chi connectivity index (χ2n) is 6.18. The zero-order valence-electron chi connectivity index (χ0n) is 14.6. The number of hydrogen-bond acceptors (Lipinski definition) is 3. The number of nitrogens with zero attached hydrogens (tertiary/aromatic N) is 1. The number of fused-ring (bicyclic) bond motifs is 1. The molecule has 0 saturated carbocycles. The average molecular weight is 361 g/mol. The monoisotopic (exact) mass is 360 g/mol. The Morgan fingerprint density at radius 2 is 2.24 bits per heavy atom. The molecule has 1 aliphatic rings. The van der Waals surface area contributed by atoms with Crippen LogP contribution in [0.5, 0.6) is 0 Å². The molecule has 134 valence electrons.